The third-order valence-electron chi connectivity index (χ3n) is 2.74. The SMILES string of the molecule is CN(C)c1ccc(C(=O)NCCCCCBr)cc1. The first-order valence-corrected chi connectivity index (χ1v) is 7.39. The first-order valence-electron chi connectivity index (χ1n) is 6.26. The Morgan fingerprint density at radius 2 is 1.83 bits per heavy atom. The van der Waals surface area contributed by atoms with Crippen molar-refractivity contribution >= 4 is 27.5 Å². The quantitative estimate of drug-likeness (QED) is 0.620. The van der Waals surface area contributed by atoms with E-state index in [2.05, 4.69) is 21.2 Å². The largest absolute Gasteiger partial charge is 0.378 e. The molecule has 1 aromatic carbocycles. The zero-order valence-electron chi connectivity index (χ0n) is 11.1. The fourth-order valence-corrected chi connectivity index (χ4v) is 2.01. The van der Waals surface area contributed by atoms with Gasteiger partial charge in [0.25, 0.3) is 5.91 Å². The molecule has 1 N–H and O–H groups in total. The molecule has 18 heavy (non-hydrogen) atoms. The second-order valence-electron chi connectivity index (χ2n) is 4.45. The molecule has 4 heteroatoms. The predicted octanol–water partition coefficient (Wildman–Crippen LogP) is 3.05. The van der Waals surface area contributed by atoms with Crippen LogP contribution in [0.2, 0.25) is 0 Å². The molecule has 0 spiro atoms. The molecule has 0 aliphatic rings. The summed E-state index contributed by atoms with van der Waals surface area (Å²) in [6.45, 7) is 0.751. The van der Waals surface area contributed by atoms with Gasteiger partial charge in [0.05, 0.1) is 0 Å². The van der Waals surface area contributed by atoms with Gasteiger partial charge in [-0.15, -0.1) is 0 Å². The lowest BCUT2D eigenvalue weighted by Crippen LogP contribution is -2.24. The Bertz CT molecular complexity index is 363. The van der Waals surface area contributed by atoms with Gasteiger partial charge >= 0.3 is 0 Å². The van der Waals surface area contributed by atoms with Crippen molar-refractivity contribution in [3.63, 3.8) is 0 Å². The number of amides is 1. The van der Waals surface area contributed by atoms with Gasteiger partial charge in [-0.25, -0.2) is 0 Å². The number of alkyl halides is 1. The van der Waals surface area contributed by atoms with E-state index in [9.17, 15) is 4.79 Å². The molecule has 0 radical (unpaired) electrons. The number of rotatable bonds is 7. The summed E-state index contributed by atoms with van der Waals surface area (Å²) in [6, 6.07) is 7.64. The van der Waals surface area contributed by atoms with E-state index in [4.69, 9.17) is 0 Å². The van der Waals surface area contributed by atoms with Crippen molar-refractivity contribution in [1.29, 1.82) is 0 Å². The van der Waals surface area contributed by atoms with Crippen molar-refractivity contribution < 1.29 is 4.79 Å². The first kappa shape index (κ1) is 15.0. The molecule has 0 fully saturated rings. The minimum absolute atomic E-state index is 0.0131. The summed E-state index contributed by atoms with van der Waals surface area (Å²) in [5.41, 5.74) is 1.82. The van der Waals surface area contributed by atoms with E-state index in [-0.39, 0.29) is 5.91 Å². The second-order valence-corrected chi connectivity index (χ2v) is 5.24. The van der Waals surface area contributed by atoms with Gasteiger partial charge in [-0.1, -0.05) is 22.4 Å². The molecular weight excluding hydrogens is 292 g/mol. The summed E-state index contributed by atoms with van der Waals surface area (Å²) >= 11 is 3.39. The van der Waals surface area contributed by atoms with E-state index in [1.807, 2.05) is 43.3 Å². The number of benzene rings is 1. The third kappa shape index (κ3) is 5.08. The van der Waals surface area contributed by atoms with Crippen molar-refractivity contribution in [3.05, 3.63) is 29.8 Å². The Morgan fingerprint density at radius 3 is 2.39 bits per heavy atom. The van der Waals surface area contributed by atoms with Gasteiger partial charge < -0.3 is 10.2 Å². The maximum atomic E-state index is 11.8. The number of nitrogens with one attached hydrogen (secondary N) is 1. The number of halogens is 1. The van der Waals surface area contributed by atoms with Gasteiger partial charge in [-0.05, 0) is 37.1 Å². The van der Waals surface area contributed by atoms with E-state index in [1.54, 1.807) is 0 Å². The highest BCUT2D eigenvalue weighted by atomic mass is 79.9. The summed E-state index contributed by atoms with van der Waals surface area (Å²) < 4.78 is 0. The first-order chi connectivity index (χ1) is 8.65. The predicted molar refractivity (Wildman–Crippen MR) is 80.7 cm³/mol. The highest BCUT2D eigenvalue weighted by molar-refractivity contribution is 9.09. The van der Waals surface area contributed by atoms with Crippen LogP contribution in [0.15, 0.2) is 24.3 Å². The van der Waals surface area contributed by atoms with Crippen LogP contribution in [-0.4, -0.2) is 31.9 Å². The molecule has 0 aromatic heterocycles. The van der Waals surface area contributed by atoms with Gasteiger partial charge in [0.15, 0.2) is 0 Å². The number of unbranched alkanes of at least 4 members (excludes halogenated alkanes) is 2. The lowest BCUT2D eigenvalue weighted by Gasteiger charge is -2.12. The zero-order valence-corrected chi connectivity index (χ0v) is 12.7. The smallest absolute Gasteiger partial charge is 0.251 e. The molecule has 0 aliphatic carbocycles. The van der Waals surface area contributed by atoms with E-state index < -0.39 is 0 Å². The fourth-order valence-electron chi connectivity index (χ4n) is 1.61. The number of carbonyl (C=O) groups excluding carboxylic acids is 1. The molecule has 1 amide bonds. The highest BCUT2D eigenvalue weighted by Crippen LogP contribution is 2.12. The molecule has 3 nitrogen and oxygen atoms in total. The van der Waals surface area contributed by atoms with Gasteiger partial charge in [0.2, 0.25) is 0 Å². The monoisotopic (exact) mass is 312 g/mol. The molecule has 0 saturated heterocycles. The zero-order chi connectivity index (χ0) is 13.4. The van der Waals surface area contributed by atoms with Crippen LogP contribution < -0.4 is 10.2 Å². The van der Waals surface area contributed by atoms with Crippen molar-refractivity contribution in [2.45, 2.75) is 19.3 Å². The van der Waals surface area contributed by atoms with Crippen molar-refractivity contribution in [2.75, 3.05) is 30.9 Å². The van der Waals surface area contributed by atoms with Crippen LogP contribution in [0.4, 0.5) is 5.69 Å². The Labute approximate surface area is 118 Å². The summed E-state index contributed by atoms with van der Waals surface area (Å²) in [5, 5.41) is 3.97. The average molecular weight is 313 g/mol. The molecule has 0 bridgehead atoms. The fraction of sp³-hybridized carbons (Fsp3) is 0.500. The molecule has 1 aromatic rings. The molecule has 0 aliphatic heterocycles. The maximum Gasteiger partial charge on any atom is 0.251 e. The van der Waals surface area contributed by atoms with Crippen LogP contribution in [0.1, 0.15) is 29.6 Å². The average Bonchev–Trinajstić information content (AvgIpc) is 2.38. The van der Waals surface area contributed by atoms with Crippen LogP contribution >= 0.6 is 15.9 Å². The Hall–Kier alpha value is -1.03. The standard InChI is InChI=1S/C14H21BrN2O/c1-17(2)13-8-6-12(7-9-13)14(18)16-11-5-3-4-10-15/h6-9H,3-5,10-11H2,1-2H3,(H,16,18). The molecule has 0 unspecified atom stereocenters. The van der Waals surface area contributed by atoms with Crippen LogP contribution in [0.5, 0.6) is 0 Å². The second kappa shape index (κ2) is 8.14. The van der Waals surface area contributed by atoms with E-state index in [0.29, 0.717) is 0 Å². The summed E-state index contributed by atoms with van der Waals surface area (Å²) in [7, 11) is 3.97. The Kier molecular flexibility index (Phi) is 6.80. The summed E-state index contributed by atoms with van der Waals surface area (Å²) in [6.07, 6.45) is 3.34. The number of hydrogen-bond donors (Lipinski definition) is 1. The topological polar surface area (TPSA) is 32.3 Å². The molecule has 0 saturated carbocycles. The summed E-state index contributed by atoms with van der Waals surface area (Å²) in [4.78, 5) is 13.8. The molecule has 100 valence electrons. The number of nitrogens with zero attached hydrogens (tertiary/aromatic N) is 1. The normalized spacial score (nSPS) is 10.2. The highest BCUT2D eigenvalue weighted by Gasteiger charge is 2.04. The van der Waals surface area contributed by atoms with Crippen molar-refractivity contribution in [2.24, 2.45) is 0 Å². The number of hydrogen-bond acceptors (Lipinski definition) is 2. The van der Waals surface area contributed by atoms with E-state index >= 15 is 0 Å². The van der Waals surface area contributed by atoms with Gasteiger partial charge in [-0.2, -0.15) is 0 Å². The number of anilines is 1. The number of carbonyl (C=O) groups is 1. The van der Waals surface area contributed by atoms with Crippen LogP contribution in [0.25, 0.3) is 0 Å². The van der Waals surface area contributed by atoms with Crippen LogP contribution in [0, 0.1) is 0 Å². The van der Waals surface area contributed by atoms with Gasteiger partial charge in [0, 0.05) is 37.2 Å². The van der Waals surface area contributed by atoms with Gasteiger partial charge in [0.1, 0.15) is 0 Å². The van der Waals surface area contributed by atoms with E-state index in [1.165, 1.54) is 0 Å². The van der Waals surface area contributed by atoms with Crippen LogP contribution in [0.3, 0.4) is 0 Å². The van der Waals surface area contributed by atoms with Crippen LogP contribution in [-0.2, 0) is 0 Å². The maximum absolute atomic E-state index is 11.8. The molecule has 1 rings (SSSR count). The summed E-state index contributed by atoms with van der Waals surface area (Å²) in [5.74, 6) is 0.0131. The van der Waals surface area contributed by atoms with Gasteiger partial charge in [-0.3, -0.25) is 4.79 Å². The Balaban J connectivity index is 2.37. The lowest BCUT2D eigenvalue weighted by molar-refractivity contribution is 0.0953. The van der Waals surface area contributed by atoms with E-state index in [0.717, 1.165) is 42.4 Å². The molecule has 0 heterocycles. The molecule has 0 atom stereocenters. The Morgan fingerprint density at radius 1 is 1.17 bits per heavy atom. The minimum atomic E-state index is 0.0131. The third-order valence-corrected chi connectivity index (χ3v) is 3.30. The van der Waals surface area contributed by atoms with Crippen molar-refractivity contribution in [3.8, 4) is 0 Å². The molecular formula is C14H21BrN2O. The minimum Gasteiger partial charge on any atom is -0.378 e. The lowest BCUT2D eigenvalue weighted by atomic mass is 10.2. The van der Waals surface area contributed by atoms with Crippen molar-refractivity contribution in [1.82, 2.24) is 5.32 Å².